The third-order valence-corrected chi connectivity index (χ3v) is 5.46. The van der Waals surface area contributed by atoms with Gasteiger partial charge in [-0.1, -0.05) is 0 Å². The molecule has 0 amide bonds. The fraction of sp³-hybridized carbons (Fsp3) is 0.733. The molecule has 3 heteroatoms. The van der Waals surface area contributed by atoms with Crippen LogP contribution in [0.5, 0.6) is 0 Å². The van der Waals surface area contributed by atoms with Gasteiger partial charge < -0.3 is 5.32 Å². The van der Waals surface area contributed by atoms with Gasteiger partial charge in [0.05, 0.1) is 0 Å². The van der Waals surface area contributed by atoms with Gasteiger partial charge in [-0.2, -0.15) is 0 Å². The number of nitrogens with one attached hydrogen (secondary N) is 1. The Labute approximate surface area is 114 Å². The van der Waals surface area contributed by atoms with Crippen molar-refractivity contribution in [2.24, 2.45) is 5.92 Å². The second-order valence-electron chi connectivity index (χ2n) is 5.73. The average molecular weight is 264 g/mol. The normalized spacial score (nSPS) is 22.0. The predicted molar refractivity (Wildman–Crippen MR) is 78.1 cm³/mol. The number of nitrogens with zero attached hydrogens (tertiary/aromatic N) is 1. The highest BCUT2D eigenvalue weighted by Crippen LogP contribution is 2.25. The van der Waals surface area contributed by atoms with Crippen LogP contribution in [0.3, 0.4) is 0 Å². The second kappa shape index (κ2) is 6.18. The van der Waals surface area contributed by atoms with Crippen molar-refractivity contribution in [3.63, 3.8) is 0 Å². The van der Waals surface area contributed by atoms with Crippen LogP contribution in [0.15, 0.2) is 11.4 Å². The van der Waals surface area contributed by atoms with Gasteiger partial charge in [0.15, 0.2) is 0 Å². The number of rotatable bonds is 4. The molecular formula is C15H24N2S. The molecule has 2 aliphatic heterocycles. The highest BCUT2D eigenvalue weighted by molar-refractivity contribution is 7.10. The van der Waals surface area contributed by atoms with Crippen LogP contribution in [0.1, 0.15) is 36.1 Å². The van der Waals surface area contributed by atoms with E-state index in [-0.39, 0.29) is 0 Å². The Bertz CT molecular complexity index is 368. The molecule has 0 radical (unpaired) electrons. The SMILES string of the molecule is c1cc2c(s1)CCN(CCCC1CCNCC1)C2. The molecule has 1 saturated heterocycles. The van der Waals surface area contributed by atoms with Gasteiger partial charge in [0.1, 0.15) is 0 Å². The van der Waals surface area contributed by atoms with Crippen LogP contribution in [0, 0.1) is 5.92 Å². The quantitative estimate of drug-likeness (QED) is 0.899. The van der Waals surface area contributed by atoms with E-state index in [4.69, 9.17) is 0 Å². The van der Waals surface area contributed by atoms with Crippen molar-refractivity contribution in [2.75, 3.05) is 26.2 Å². The Hall–Kier alpha value is -0.380. The Morgan fingerprint density at radius 1 is 1.33 bits per heavy atom. The van der Waals surface area contributed by atoms with Gasteiger partial charge in [-0.25, -0.2) is 0 Å². The first kappa shape index (κ1) is 12.6. The molecule has 3 heterocycles. The van der Waals surface area contributed by atoms with E-state index in [1.54, 1.807) is 10.4 Å². The van der Waals surface area contributed by atoms with E-state index in [1.165, 1.54) is 64.8 Å². The first-order valence-corrected chi connectivity index (χ1v) is 8.28. The third kappa shape index (κ3) is 3.14. The van der Waals surface area contributed by atoms with Crippen molar-refractivity contribution in [1.29, 1.82) is 0 Å². The standard InChI is InChI=1S/C15H24N2S/c1(2-13-3-7-16-8-4-13)9-17-10-5-15-14(12-17)6-11-18-15/h6,11,13,16H,1-5,7-10,12H2. The van der Waals surface area contributed by atoms with Crippen molar-refractivity contribution in [1.82, 2.24) is 10.2 Å². The largest absolute Gasteiger partial charge is 0.317 e. The Kier molecular flexibility index (Phi) is 4.34. The van der Waals surface area contributed by atoms with Gasteiger partial charge in [0.25, 0.3) is 0 Å². The summed E-state index contributed by atoms with van der Waals surface area (Å²) in [6.07, 6.45) is 6.91. The highest BCUT2D eigenvalue weighted by atomic mass is 32.1. The van der Waals surface area contributed by atoms with Crippen molar-refractivity contribution >= 4 is 11.3 Å². The molecule has 18 heavy (non-hydrogen) atoms. The highest BCUT2D eigenvalue weighted by Gasteiger charge is 2.17. The summed E-state index contributed by atoms with van der Waals surface area (Å²) in [7, 11) is 0. The summed E-state index contributed by atoms with van der Waals surface area (Å²) in [5, 5.41) is 5.71. The molecule has 1 fully saturated rings. The summed E-state index contributed by atoms with van der Waals surface area (Å²) in [6, 6.07) is 2.32. The van der Waals surface area contributed by atoms with Crippen LogP contribution in [-0.4, -0.2) is 31.1 Å². The van der Waals surface area contributed by atoms with E-state index in [0.717, 1.165) is 5.92 Å². The van der Waals surface area contributed by atoms with Crippen LogP contribution < -0.4 is 5.32 Å². The molecule has 0 spiro atoms. The van der Waals surface area contributed by atoms with Gasteiger partial charge in [0, 0.05) is 18.0 Å². The molecule has 0 saturated carbocycles. The third-order valence-electron chi connectivity index (χ3n) is 4.43. The molecule has 1 aromatic rings. The number of piperidine rings is 1. The lowest BCUT2D eigenvalue weighted by Crippen LogP contribution is -2.31. The molecule has 3 rings (SSSR count). The van der Waals surface area contributed by atoms with Gasteiger partial charge >= 0.3 is 0 Å². The zero-order chi connectivity index (χ0) is 12.2. The maximum Gasteiger partial charge on any atom is 0.0244 e. The molecule has 0 bridgehead atoms. The first-order chi connectivity index (χ1) is 8.92. The summed E-state index contributed by atoms with van der Waals surface area (Å²) >= 11 is 1.94. The average Bonchev–Trinajstić information content (AvgIpc) is 2.87. The number of thiophene rings is 1. The van der Waals surface area contributed by atoms with E-state index in [2.05, 4.69) is 21.7 Å². The predicted octanol–water partition coefficient (Wildman–Crippen LogP) is 2.89. The van der Waals surface area contributed by atoms with Gasteiger partial charge in [-0.05, 0) is 74.7 Å². The molecule has 1 N–H and O–H groups in total. The van der Waals surface area contributed by atoms with Crippen LogP contribution in [-0.2, 0) is 13.0 Å². The fourth-order valence-electron chi connectivity index (χ4n) is 3.27. The topological polar surface area (TPSA) is 15.3 Å². The lowest BCUT2D eigenvalue weighted by atomic mass is 9.93. The molecule has 0 aliphatic carbocycles. The lowest BCUT2D eigenvalue weighted by molar-refractivity contribution is 0.237. The first-order valence-electron chi connectivity index (χ1n) is 7.40. The van der Waals surface area contributed by atoms with Crippen LogP contribution in [0.25, 0.3) is 0 Å². The molecule has 0 aromatic carbocycles. The minimum Gasteiger partial charge on any atom is -0.317 e. The summed E-state index contributed by atoms with van der Waals surface area (Å²) in [5.41, 5.74) is 1.59. The Morgan fingerprint density at radius 3 is 3.11 bits per heavy atom. The molecule has 0 unspecified atom stereocenters. The summed E-state index contributed by atoms with van der Waals surface area (Å²) in [4.78, 5) is 4.28. The van der Waals surface area contributed by atoms with Crippen molar-refractivity contribution < 1.29 is 0 Å². The molecule has 2 aliphatic rings. The van der Waals surface area contributed by atoms with Gasteiger partial charge in [-0.3, -0.25) is 4.90 Å². The number of fused-ring (bicyclic) bond motifs is 1. The maximum atomic E-state index is 3.45. The minimum absolute atomic E-state index is 0.993. The summed E-state index contributed by atoms with van der Waals surface area (Å²) in [5.74, 6) is 0.993. The van der Waals surface area contributed by atoms with Crippen molar-refractivity contribution in [3.8, 4) is 0 Å². The van der Waals surface area contributed by atoms with Crippen molar-refractivity contribution in [3.05, 3.63) is 21.9 Å². The monoisotopic (exact) mass is 264 g/mol. The molecular weight excluding hydrogens is 240 g/mol. The maximum absolute atomic E-state index is 3.45. The summed E-state index contributed by atoms with van der Waals surface area (Å²) in [6.45, 7) is 6.27. The van der Waals surface area contributed by atoms with Crippen molar-refractivity contribution in [2.45, 2.75) is 38.6 Å². The molecule has 1 aromatic heterocycles. The lowest BCUT2D eigenvalue weighted by Gasteiger charge is -2.28. The second-order valence-corrected chi connectivity index (χ2v) is 6.73. The van der Waals surface area contributed by atoms with Gasteiger partial charge in [0.2, 0.25) is 0 Å². The number of hydrogen-bond donors (Lipinski definition) is 1. The van der Waals surface area contributed by atoms with E-state index in [1.807, 2.05) is 11.3 Å². The van der Waals surface area contributed by atoms with Crippen LogP contribution >= 0.6 is 11.3 Å². The fourth-order valence-corrected chi connectivity index (χ4v) is 4.16. The van der Waals surface area contributed by atoms with E-state index < -0.39 is 0 Å². The van der Waals surface area contributed by atoms with E-state index in [9.17, 15) is 0 Å². The smallest absolute Gasteiger partial charge is 0.0244 e. The number of hydrogen-bond acceptors (Lipinski definition) is 3. The zero-order valence-electron chi connectivity index (χ0n) is 11.2. The Morgan fingerprint density at radius 2 is 2.22 bits per heavy atom. The molecule has 2 nitrogen and oxygen atoms in total. The van der Waals surface area contributed by atoms with Crippen LogP contribution in [0.4, 0.5) is 0 Å². The van der Waals surface area contributed by atoms with Crippen LogP contribution in [0.2, 0.25) is 0 Å². The zero-order valence-corrected chi connectivity index (χ0v) is 12.0. The van der Waals surface area contributed by atoms with Gasteiger partial charge in [-0.15, -0.1) is 11.3 Å². The minimum atomic E-state index is 0.993. The molecule has 0 atom stereocenters. The summed E-state index contributed by atoms with van der Waals surface area (Å²) < 4.78 is 0. The molecule has 100 valence electrons. The Balaban J connectivity index is 1.39. The van der Waals surface area contributed by atoms with E-state index in [0.29, 0.717) is 0 Å². The van der Waals surface area contributed by atoms with E-state index >= 15 is 0 Å².